The summed E-state index contributed by atoms with van der Waals surface area (Å²) < 4.78 is 5.54. The van der Waals surface area contributed by atoms with E-state index in [1.165, 1.54) is 0 Å². The molecular formula is C18H11N9. The summed E-state index contributed by atoms with van der Waals surface area (Å²) in [4.78, 5) is 22.0. The second-order valence-corrected chi connectivity index (χ2v) is 6.12. The van der Waals surface area contributed by atoms with Gasteiger partial charge < -0.3 is 4.40 Å². The van der Waals surface area contributed by atoms with Crippen molar-refractivity contribution >= 4 is 17.1 Å². The third-order valence-electron chi connectivity index (χ3n) is 4.42. The summed E-state index contributed by atoms with van der Waals surface area (Å²) in [7, 11) is 0. The van der Waals surface area contributed by atoms with E-state index in [0.29, 0.717) is 5.78 Å². The van der Waals surface area contributed by atoms with Crippen molar-refractivity contribution in [3.05, 3.63) is 68.0 Å². The van der Waals surface area contributed by atoms with Gasteiger partial charge in [-0.15, -0.1) is 0 Å². The van der Waals surface area contributed by atoms with Gasteiger partial charge in [0.1, 0.15) is 0 Å². The minimum Gasteiger partial charge on any atom is -0.304 e. The smallest absolute Gasteiger partial charge is 0.234 e. The van der Waals surface area contributed by atoms with Crippen LogP contribution in [0.25, 0.3) is 39.6 Å². The van der Waals surface area contributed by atoms with Crippen LogP contribution in [0.1, 0.15) is 0 Å². The number of hydrogen-bond donors (Lipinski definition) is 0. The van der Waals surface area contributed by atoms with Crippen molar-refractivity contribution in [1.82, 2.24) is 43.3 Å². The largest absolute Gasteiger partial charge is 0.304 e. The Kier molecular flexibility index (Phi) is 2.70. The molecule has 0 aromatic carbocycles. The molecule has 0 amide bonds. The maximum Gasteiger partial charge on any atom is 0.234 e. The van der Waals surface area contributed by atoms with Gasteiger partial charge >= 0.3 is 0 Å². The van der Waals surface area contributed by atoms with Gasteiger partial charge in [-0.2, -0.15) is 5.10 Å². The predicted molar refractivity (Wildman–Crippen MR) is 96.9 cm³/mol. The van der Waals surface area contributed by atoms with E-state index in [1.807, 2.05) is 39.7 Å². The maximum absolute atomic E-state index is 4.59. The SMILES string of the molecule is c1cn2cc(-c3cnc4nc(-c5cnn6ccnc6c5)cn4c3)nc2cn1. The standard InChI is InChI=1S/C18H11N9/c1-3-25-10-15(23-17(25)8-19-1)13-6-21-18-24-14(11-26(18)9-13)12-5-16-20-2-4-27(16)22-7-12/h1-11H. The van der Waals surface area contributed by atoms with Gasteiger partial charge in [0, 0.05) is 60.7 Å². The molecule has 0 saturated heterocycles. The normalized spacial score (nSPS) is 11.7. The third-order valence-corrected chi connectivity index (χ3v) is 4.42. The van der Waals surface area contributed by atoms with E-state index in [0.717, 1.165) is 33.8 Å². The number of hydrogen-bond acceptors (Lipinski definition) is 6. The fourth-order valence-corrected chi connectivity index (χ4v) is 3.09. The quantitative estimate of drug-likeness (QED) is 0.474. The lowest BCUT2D eigenvalue weighted by atomic mass is 10.2. The van der Waals surface area contributed by atoms with Crippen LogP contribution in [0, 0.1) is 0 Å². The van der Waals surface area contributed by atoms with Gasteiger partial charge in [-0.1, -0.05) is 0 Å². The molecule has 9 nitrogen and oxygen atoms in total. The van der Waals surface area contributed by atoms with Crippen molar-refractivity contribution in [2.75, 3.05) is 0 Å². The average Bonchev–Trinajstić information content (AvgIpc) is 3.42. The molecule has 0 radical (unpaired) electrons. The zero-order valence-electron chi connectivity index (χ0n) is 13.9. The molecule has 0 unspecified atom stereocenters. The Hall–Kier alpha value is -4.14. The summed E-state index contributed by atoms with van der Waals surface area (Å²) in [5, 5.41) is 4.34. The summed E-state index contributed by atoms with van der Waals surface area (Å²) in [5.41, 5.74) is 4.97. The van der Waals surface area contributed by atoms with Gasteiger partial charge in [0.25, 0.3) is 0 Å². The van der Waals surface area contributed by atoms with E-state index in [1.54, 1.807) is 41.7 Å². The maximum atomic E-state index is 4.59. The van der Waals surface area contributed by atoms with E-state index < -0.39 is 0 Å². The van der Waals surface area contributed by atoms with E-state index in [-0.39, 0.29) is 0 Å². The second-order valence-electron chi connectivity index (χ2n) is 6.12. The van der Waals surface area contributed by atoms with Gasteiger partial charge in [-0.25, -0.2) is 24.5 Å². The molecule has 6 heterocycles. The fraction of sp³-hybridized carbons (Fsp3) is 0. The zero-order chi connectivity index (χ0) is 17.8. The number of imidazole rings is 3. The Morgan fingerprint density at radius 3 is 2.59 bits per heavy atom. The summed E-state index contributed by atoms with van der Waals surface area (Å²) in [6, 6.07) is 1.95. The Balaban J connectivity index is 1.46. The first kappa shape index (κ1) is 14.1. The zero-order valence-corrected chi connectivity index (χ0v) is 13.9. The first-order valence-electron chi connectivity index (χ1n) is 8.27. The topological polar surface area (TPSA) is 90.6 Å². The summed E-state index contributed by atoms with van der Waals surface area (Å²) in [6.07, 6.45) is 18.2. The molecule has 128 valence electrons. The molecule has 0 aliphatic carbocycles. The van der Waals surface area contributed by atoms with Crippen molar-refractivity contribution in [2.24, 2.45) is 0 Å². The first-order valence-corrected chi connectivity index (χ1v) is 8.27. The van der Waals surface area contributed by atoms with Gasteiger partial charge in [0.2, 0.25) is 5.78 Å². The van der Waals surface area contributed by atoms with Crippen molar-refractivity contribution < 1.29 is 0 Å². The van der Waals surface area contributed by atoms with Crippen LogP contribution in [0.4, 0.5) is 0 Å². The van der Waals surface area contributed by atoms with Crippen molar-refractivity contribution in [2.45, 2.75) is 0 Å². The Labute approximate surface area is 151 Å². The van der Waals surface area contributed by atoms with Crippen LogP contribution in [-0.2, 0) is 0 Å². The number of rotatable bonds is 2. The predicted octanol–water partition coefficient (Wildman–Crippen LogP) is 2.15. The highest BCUT2D eigenvalue weighted by atomic mass is 15.2. The first-order chi connectivity index (χ1) is 13.3. The van der Waals surface area contributed by atoms with E-state index in [2.05, 4.69) is 30.0 Å². The average molecular weight is 353 g/mol. The summed E-state index contributed by atoms with van der Waals surface area (Å²) >= 11 is 0. The van der Waals surface area contributed by atoms with Gasteiger partial charge in [0.15, 0.2) is 11.3 Å². The fourth-order valence-electron chi connectivity index (χ4n) is 3.09. The minimum atomic E-state index is 0.613. The molecule has 0 N–H and O–H groups in total. The van der Waals surface area contributed by atoms with Crippen LogP contribution in [0.2, 0.25) is 0 Å². The van der Waals surface area contributed by atoms with E-state index in [4.69, 9.17) is 0 Å². The van der Waals surface area contributed by atoms with Crippen LogP contribution >= 0.6 is 0 Å². The van der Waals surface area contributed by atoms with Gasteiger partial charge in [-0.05, 0) is 6.07 Å². The lowest BCUT2D eigenvalue weighted by molar-refractivity contribution is 0.937. The summed E-state index contributed by atoms with van der Waals surface area (Å²) in [5.74, 6) is 0.613. The van der Waals surface area contributed by atoms with E-state index in [9.17, 15) is 0 Å². The second kappa shape index (κ2) is 5.18. The molecule has 0 aliphatic rings. The Bertz CT molecular complexity index is 1410. The summed E-state index contributed by atoms with van der Waals surface area (Å²) in [6.45, 7) is 0. The number of fused-ring (bicyclic) bond motifs is 3. The van der Waals surface area contributed by atoms with Gasteiger partial charge in [0.05, 0.1) is 23.8 Å². The molecule has 27 heavy (non-hydrogen) atoms. The van der Waals surface area contributed by atoms with E-state index >= 15 is 0 Å². The molecule has 0 fully saturated rings. The highest BCUT2D eigenvalue weighted by molar-refractivity contribution is 5.66. The molecule has 6 aromatic rings. The lowest BCUT2D eigenvalue weighted by Crippen LogP contribution is -1.90. The lowest BCUT2D eigenvalue weighted by Gasteiger charge is -1.97. The molecular weight excluding hydrogens is 342 g/mol. The van der Waals surface area contributed by atoms with Gasteiger partial charge in [-0.3, -0.25) is 9.38 Å². The van der Waals surface area contributed by atoms with Crippen LogP contribution in [0.15, 0.2) is 68.0 Å². The molecule has 0 aliphatic heterocycles. The number of aromatic nitrogens is 9. The van der Waals surface area contributed by atoms with Crippen molar-refractivity contribution in [3.8, 4) is 22.5 Å². The van der Waals surface area contributed by atoms with Crippen LogP contribution in [-0.4, -0.2) is 43.3 Å². The Morgan fingerprint density at radius 1 is 0.704 bits per heavy atom. The van der Waals surface area contributed by atoms with Crippen molar-refractivity contribution in [3.63, 3.8) is 0 Å². The van der Waals surface area contributed by atoms with Crippen LogP contribution in [0.3, 0.4) is 0 Å². The molecule has 0 bridgehead atoms. The van der Waals surface area contributed by atoms with Crippen LogP contribution in [0.5, 0.6) is 0 Å². The van der Waals surface area contributed by atoms with Crippen molar-refractivity contribution in [1.29, 1.82) is 0 Å². The highest BCUT2D eigenvalue weighted by Crippen LogP contribution is 2.22. The highest BCUT2D eigenvalue weighted by Gasteiger charge is 2.10. The monoisotopic (exact) mass is 353 g/mol. The molecule has 6 aromatic heterocycles. The minimum absolute atomic E-state index is 0.613. The molecule has 6 rings (SSSR count). The molecule has 0 atom stereocenters. The Morgan fingerprint density at radius 2 is 1.63 bits per heavy atom. The van der Waals surface area contributed by atoms with Crippen LogP contribution < -0.4 is 0 Å². The third kappa shape index (κ3) is 2.18. The molecule has 0 spiro atoms. The number of nitrogens with zero attached hydrogens (tertiary/aromatic N) is 9. The molecule has 0 saturated carbocycles. The molecule has 9 heteroatoms.